The van der Waals surface area contributed by atoms with Gasteiger partial charge in [-0.2, -0.15) is 0 Å². The predicted molar refractivity (Wildman–Crippen MR) is 239 cm³/mol. The lowest BCUT2D eigenvalue weighted by Crippen LogP contribution is -2.47. The highest BCUT2D eigenvalue weighted by molar-refractivity contribution is 6.36. The minimum Gasteiger partial charge on any atom is -0.376 e. The average molecular weight is 747 g/mol. The van der Waals surface area contributed by atoms with Crippen molar-refractivity contribution in [2.24, 2.45) is 45.7 Å². The van der Waals surface area contributed by atoms with Gasteiger partial charge in [-0.1, -0.05) is 155 Å². The van der Waals surface area contributed by atoms with Gasteiger partial charge >= 0.3 is 0 Å². The number of carbonyl (C=O) groups is 2. The number of primary amides is 1. The van der Waals surface area contributed by atoms with Gasteiger partial charge in [0.15, 0.2) is 0 Å². The van der Waals surface area contributed by atoms with Crippen LogP contribution in [0.25, 0.3) is 0 Å². The summed E-state index contributed by atoms with van der Waals surface area (Å²) in [5, 5.41) is 7.04. The molecule has 4 atom stereocenters. The topological polar surface area (TPSA) is 87.5 Å². The summed E-state index contributed by atoms with van der Waals surface area (Å²) in [7, 11) is 2.18. The maximum Gasteiger partial charge on any atom is 0.285 e. The van der Waals surface area contributed by atoms with E-state index in [1.54, 1.807) is 6.92 Å². The van der Waals surface area contributed by atoms with Crippen LogP contribution >= 0.6 is 0 Å². The van der Waals surface area contributed by atoms with E-state index in [1.165, 1.54) is 36.8 Å². The summed E-state index contributed by atoms with van der Waals surface area (Å²) in [6.07, 6.45) is 9.00. The molecule has 53 heavy (non-hydrogen) atoms. The van der Waals surface area contributed by atoms with E-state index in [-0.39, 0.29) is 17.4 Å². The molecule has 4 N–H and O–H groups in total. The number of nitrogens with two attached hydrogens (primary N) is 1. The van der Waals surface area contributed by atoms with Gasteiger partial charge in [-0.15, -0.1) is 6.58 Å². The lowest BCUT2D eigenvalue weighted by atomic mass is 9.84. The average Bonchev–Trinajstić information content (AvgIpc) is 3.74. The van der Waals surface area contributed by atoms with Crippen molar-refractivity contribution in [3.05, 3.63) is 49.0 Å². The molecule has 6 nitrogen and oxygen atoms in total. The molecule has 0 aromatic heterocycles. The monoisotopic (exact) mass is 747 g/mol. The van der Waals surface area contributed by atoms with Gasteiger partial charge in [0.25, 0.3) is 5.91 Å². The molecule has 0 radical (unpaired) electrons. The standard InChI is InChI=1S/C26H47N3.C8H15NO2.C6H14.C5H12.C2H6/c1-11-20(4)16-23-17-24(23)18-29(10)21(5)25(26(7,8)9)28-22(6)27-15-13-12-14-19(2)3;1-5(2)4-6(3)7(10)8(9)11;1-5-6(2,3)4;1-5(2,3)4;1-2/h23-25,27-28H,2,4-6,11-18H2,1,3,7-10H3;5-6H,4H2,1-3H3,(H2,9,11);5H2,1-4H3;1-4H3;1-2H3/t23-,24-,25?;;;;/m0..../s1. The number of hydrogen-bond acceptors (Lipinski definition) is 5. The number of nitrogens with one attached hydrogen (secondary N) is 2. The first-order valence-corrected chi connectivity index (χ1v) is 20.7. The van der Waals surface area contributed by atoms with E-state index in [1.807, 2.05) is 27.7 Å². The van der Waals surface area contributed by atoms with Crippen LogP contribution in [0, 0.1) is 39.9 Å². The maximum absolute atomic E-state index is 10.9. The zero-order valence-corrected chi connectivity index (χ0v) is 39.1. The van der Waals surface area contributed by atoms with Crippen molar-refractivity contribution >= 4 is 11.7 Å². The van der Waals surface area contributed by atoms with Crippen molar-refractivity contribution in [2.45, 2.75) is 182 Å². The Morgan fingerprint density at radius 3 is 1.70 bits per heavy atom. The van der Waals surface area contributed by atoms with Crippen LogP contribution in [-0.2, 0) is 9.59 Å². The minimum atomic E-state index is -0.821. The van der Waals surface area contributed by atoms with E-state index in [0.717, 1.165) is 62.1 Å². The molecule has 0 heterocycles. The second-order valence-electron chi connectivity index (χ2n) is 19.4. The third kappa shape index (κ3) is 37.6. The molecular formula is C47H94N4O2. The first-order chi connectivity index (χ1) is 24.0. The van der Waals surface area contributed by atoms with E-state index < -0.39 is 11.7 Å². The van der Waals surface area contributed by atoms with Gasteiger partial charge in [-0.25, -0.2) is 0 Å². The fourth-order valence-corrected chi connectivity index (χ4v) is 4.86. The molecule has 314 valence electrons. The molecule has 0 saturated heterocycles. The molecule has 1 aliphatic carbocycles. The normalized spacial score (nSPS) is 15.8. The number of hydrogen-bond donors (Lipinski definition) is 3. The molecule has 0 aliphatic heterocycles. The number of rotatable bonds is 19. The lowest BCUT2D eigenvalue weighted by molar-refractivity contribution is -0.138. The summed E-state index contributed by atoms with van der Waals surface area (Å²) in [4.78, 5) is 23.6. The van der Waals surface area contributed by atoms with Crippen LogP contribution in [0.3, 0.4) is 0 Å². The van der Waals surface area contributed by atoms with Crippen LogP contribution in [0.4, 0.5) is 0 Å². The van der Waals surface area contributed by atoms with E-state index in [0.29, 0.717) is 16.7 Å². The number of Topliss-reactive ketones (excluding diaryl/α,β-unsaturated/α-hetero) is 1. The predicted octanol–water partition coefficient (Wildman–Crippen LogP) is 12.5. The first kappa shape index (κ1) is 57.2. The summed E-state index contributed by atoms with van der Waals surface area (Å²) >= 11 is 0. The number of carbonyl (C=O) groups excluding carboxylic acids is 2. The van der Waals surface area contributed by atoms with Crippen molar-refractivity contribution < 1.29 is 9.59 Å². The molecule has 0 aromatic carbocycles. The second-order valence-corrected chi connectivity index (χ2v) is 19.4. The molecule has 2 unspecified atom stereocenters. The van der Waals surface area contributed by atoms with Crippen LogP contribution in [0.1, 0.15) is 176 Å². The van der Waals surface area contributed by atoms with E-state index >= 15 is 0 Å². The molecule has 1 amide bonds. The second kappa shape index (κ2) is 28.9. The van der Waals surface area contributed by atoms with E-state index in [2.05, 4.69) is 139 Å². The van der Waals surface area contributed by atoms with Gasteiger partial charge in [0.05, 0.1) is 11.9 Å². The first-order valence-electron chi connectivity index (χ1n) is 20.7. The molecule has 1 fully saturated rings. The Labute approximate surface area is 332 Å². The van der Waals surface area contributed by atoms with Crippen LogP contribution in [0.2, 0.25) is 0 Å². The van der Waals surface area contributed by atoms with Crippen molar-refractivity contribution in [1.29, 1.82) is 0 Å². The van der Waals surface area contributed by atoms with Crippen LogP contribution < -0.4 is 16.4 Å². The zero-order valence-electron chi connectivity index (χ0n) is 39.1. The SMILES string of the molecule is C=C(C)CCCCNC(=C)NC(C(=C)N(C)C[C@@H]1C[C@@H]1CC(=C)CC)C(C)(C)C.CC.CC(C)(C)C.CC(C)CC(C)C(=O)C(N)=O.CCC(C)(C)C. The number of unbranched alkanes of at least 4 members (excludes halogenated alkanes) is 1. The van der Waals surface area contributed by atoms with Crippen molar-refractivity contribution in [2.75, 3.05) is 20.1 Å². The van der Waals surface area contributed by atoms with Gasteiger partial charge in [0.1, 0.15) is 0 Å². The van der Waals surface area contributed by atoms with Gasteiger partial charge in [0.2, 0.25) is 5.78 Å². The Balaban J connectivity index is -0.000000406. The van der Waals surface area contributed by atoms with E-state index in [4.69, 9.17) is 5.73 Å². The van der Waals surface area contributed by atoms with E-state index in [9.17, 15) is 9.59 Å². The van der Waals surface area contributed by atoms with Gasteiger partial charge in [-0.05, 0) is 85.9 Å². The molecule has 6 heteroatoms. The highest BCUT2D eigenvalue weighted by atomic mass is 16.2. The number of ketones is 1. The molecule has 0 aromatic rings. The molecular weight excluding hydrogens is 653 g/mol. The summed E-state index contributed by atoms with van der Waals surface area (Å²) in [6.45, 7) is 57.3. The third-order valence-corrected chi connectivity index (χ3v) is 8.58. The Hall–Kier alpha value is -2.50. The third-order valence-electron chi connectivity index (χ3n) is 8.58. The summed E-state index contributed by atoms with van der Waals surface area (Å²) in [5.41, 5.74) is 9.70. The summed E-state index contributed by atoms with van der Waals surface area (Å²) < 4.78 is 0. The van der Waals surface area contributed by atoms with Crippen molar-refractivity contribution in [1.82, 2.24) is 15.5 Å². The van der Waals surface area contributed by atoms with Crippen LogP contribution in [0.5, 0.6) is 0 Å². The Morgan fingerprint density at radius 1 is 0.868 bits per heavy atom. The van der Waals surface area contributed by atoms with Gasteiger partial charge < -0.3 is 21.3 Å². The smallest absolute Gasteiger partial charge is 0.285 e. The highest BCUT2D eigenvalue weighted by Crippen LogP contribution is 2.44. The summed E-state index contributed by atoms with van der Waals surface area (Å²) in [5.74, 6) is 1.39. The van der Waals surface area contributed by atoms with Crippen molar-refractivity contribution in [3.8, 4) is 0 Å². The Morgan fingerprint density at radius 2 is 1.34 bits per heavy atom. The Bertz CT molecular complexity index is 1050. The molecule has 1 saturated carbocycles. The highest BCUT2D eigenvalue weighted by Gasteiger charge is 2.39. The number of nitrogens with zero attached hydrogens (tertiary/aromatic N) is 1. The van der Waals surface area contributed by atoms with Gasteiger partial charge in [-0.3, -0.25) is 9.59 Å². The zero-order chi connectivity index (χ0) is 42.9. The molecule has 0 spiro atoms. The van der Waals surface area contributed by atoms with Crippen LogP contribution in [-0.4, -0.2) is 42.8 Å². The van der Waals surface area contributed by atoms with Crippen LogP contribution in [0.15, 0.2) is 49.0 Å². The largest absolute Gasteiger partial charge is 0.376 e. The fourth-order valence-electron chi connectivity index (χ4n) is 4.86. The minimum absolute atomic E-state index is 0.0510. The number of likely N-dealkylation sites (N-methyl/N-ethyl adjacent to an activating group) is 1. The number of allylic oxidation sites excluding steroid dienone is 2. The molecule has 1 aliphatic rings. The lowest BCUT2D eigenvalue weighted by Gasteiger charge is -2.38. The maximum atomic E-state index is 10.9. The van der Waals surface area contributed by atoms with Crippen molar-refractivity contribution in [3.63, 3.8) is 0 Å². The fraction of sp³-hybridized carbons (Fsp3) is 0.787. The molecule has 0 bridgehead atoms. The molecule has 1 rings (SSSR count). The quantitative estimate of drug-likeness (QED) is 0.0696. The Kier molecular flexibility index (Phi) is 31.2. The van der Waals surface area contributed by atoms with Gasteiger partial charge in [0, 0.05) is 31.8 Å². The number of amides is 1. The summed E-state index contributed by atoms with van der Waals surface area (Å²) in [6, 6.07) is 0.144.